The second-order valence-corrected chi connectivity index (χ2v) is 8.95. The molecule has 0 spiro atoms. The van der Waals surface area contributed by atoms with E-state index in [-0.39, 0.29) is 11.8 Å². The van der Waals surface area contributed by atoms with Gasteiger partial charge in [0.25, 0.3) is 0 Å². The molecule has 1 unspecified atom stereocenters. The van der Waals surface area contributed by atoms with E-state index in [4.69, 9.17) is 23.2 Å². The van der Waals surface area contributed by atoms with E-state index in [9.17, 15) is 9.59 Å². The number of carbonyl (C=O) groups excluding carboxylic acids is 2. The fraction of sp³-hybridized carbons (Fsp3) is 0.154. The molecule has 1 heterocycles. The number of hydrogen-bond donors (Lipinski definition) is 2. The van der Waals surface area contributed by atoms with E-state index in [1.165, 1.54) is 0 Å². The zero-order chi connectivity index (χ0) is 22.9. The number of urea groups is 1. The molecule has 2 N–H and O–H groups in total. The van der Waals surface area contributed by atoms with E-state index >= 15 is 0 Å². The van der Waals surface area contributed by atoms with Crippen LogP contribution < -0.4 is 15.5 Å². The zero-order valence-electron chi connectivity index (χ0n) is 17.6. The van der Waals surface area contributed by atoms with Gasteiger partial charge >= 0.3 is 6.03 Å². The van der Waals surface area contributed by atoms with Crippen molar-refractivity contribution < 1.29 is 9.59 Å². The lowest BCUT2D eigenvalue weighted by Crippen LogP contribution is -2.40. The second kappa shape index (κ2) is 8.93. The Labute approximate surface area is 202 Å². The summed E-state index contributed by atoms with van der Waals surface area (Å²) in [6.07, 6.45) is 1.97. The molecule has 5 rings (SSSR count). The molecule has 0 bridgehead atoms. The Morgan fingerprint density at radius 1 is 0.909 bits per heavy atom. The summed E-state index contributed by atoms with van der Waals surface area (Å²) in [5, 5.41) is 7.59. The molecule has 5 nitrogen and oxygen atoms in total. The molecule has 1 atom stereocenters. The molecular weight excluding hydrogens is 457 g/mol. The summed E-state index contributed by atoms with van der Waals surface area (Å²) >= 11 is 12.2. The lowest BCUT2D eigenvalue weighted by Gasteiger charge is -2.34. The van der Waals surface area contributed by atoms with Crippen LogP contribution in [0.1, 0.15) is 30.9 Å². The number of anilines is 3. The molecule has 3 aromatic carbocycles. The van der Waals surface area contributed by atoms with Crippen LogP contribution in [0.2, 0.25) is 10.0 Å². The summed E-state index contributed by atoms with van der Waals surface area (Å²) in [4.78, 5) is 28.7. The molecule has 0 aromatic heterocycles. The maximum atomic E-state index is 13.8. The van der Waals surface area contributed by atoms with Gasteiger partial charge in [-0.1, -0.05) is 47.5 Å². The number of rotatable bonds is 2. The van der Waals surface area contributed by atoms with E-state index in [1.807, 2.05) is 36.4 Å². The van der Waals surface area contributed by atoms with E-state index in [2.05, 4.69) is 10.6 Å². The van der Waals surface area contributed by atoms with Crippen LogP contribution in [0.4, 0.5) is 21.9 Å². The van der Waals surface area contributed by atoms with Crippen molar-refractivity contribution in [1.82, 2.24) is 0 Å². The van der Waals surface area contributed by atoms with Gasteiger partial charge in [0.15, 0.2) is 5.78 Å². The predicted molar refractivity (Wildman–Crippen MR) is 133 cm³/mol. The number of nitrogens with one attached hydrogen (secondary N) is 2. The number of nitrogens with zero attached hydrogens (tertiary/aromatic N) is 1. The number of carbonyl (C=O) groups is 2. The molecular formula is C26H21Cl2N3O2. The van der Waals surface area contributed by atoms with Gasteiger partial charge in [0.1, 0.15) is 0 Å². The van der Waals surface area contributed by atoms with Gasteiger partial charge in [0.2, 0.25) is 0 Å². The third kappa shape index (κ3) is 4.22. The number of ketones is 1. The molecule has 0 saturated carbocycles. The van der Waals surface area contributed by atoms with Crippen LogP contribution in [0, 0.1) is 0 Å². The SMILES string of the molecule is O=C1CCCC2=C1C(c1ccc(Cl)cc1)N(C(=O)Nc1ccc(Cl)cc1)c1ccccc1N2. The van der Waals surface area contributed by atoms with E-state index in [1.54, 1.807) is 41.3 Å². The van der Waals surface area contributed by atoms with Crippen molar-refractivity contribution in [3.8, 4) is 0 Å². The minimum Gasteiger partial charge on any atom is -0.357 e. The third-order valence-corrected chi connectivity index (χ3v) is 6.44. The highest BCUT2D eigenvalue weighted by atomic mass is 35.5. The highest BCUT2D eigenvalue weighted by Gasteiger charge is 2.39. The van der Waals surface area contributed by atoms with Gasteiger partial charge in [-0.05, 0) is 66.9 Å². The summed E-state index contributed by atoms with van der Waals surface area (Å²) < 4.78 is 0. The smallest absolute Gasteiger partial charge is 0.327 e. The van der Waals surface area contributed by atoms with Gasteiger partial charge in [-0.15, -0.1) is 0 Å². The number of amides is 2. The minimum atomic E-state index is -0.603. The number of Topliss-reactive ketones (excluding diaryl/α,β-unsaturated/α-hetero) is 1. The van der Waals surface area contributed by atoms with Gasteiger partial charge < -0.3 is 10.6 Å². The minimum absolute atomic E-state index is 0.0424. The maximum absolute atomic E-state index is 13.8. The van der Waals surface area contributed by atoms with Crippen LogP contribution in [0.3, 0.4) is 0 Å². The van der Waals surface area contributed by atoms with E-state index in [0.29, 0.717) is 33.4 Å². The Bertz CT molecular complexity index is 1250. The summed E-state index contributed by atoms with van der Waals surface area (Å²) in [5.41, 5.74) is 4.37. The first kappa shape index (κ1) is 21.6. The first-order valence-corrected chi connectivity index (χ1v) is 11.5. The summed E-state index contributed by atoms with van der Waals surface area (Å²) in [7, 11) is 0. The third-order valence-electron chi connectivity index (χ3n) is 5.94. The number of benzene rings is 3. The Kier molecular flexibility index (Phi) is 5.83. The molecule has 1 aliphatic heterocycles. The van der Waals surface area contributed by atoms with Crippen molar-refractivity contribution in [2.45, 2.75) is 25.3 Å². The predicted octanol–water partition coefficient (Wildman–Crippen LogP) is 7.21. The topological polar surface area (TPSA) is 61.4 Å². The fourth-order valence-electron chi connectivity index (χ4n) is 4.44. The number of fused-ring (bicyclic) bond motifs is 1. The standard InChI is InChI=1S/C26H21Cl2N3O2/c27-17-10-8-16(9-11-17)25-24-21(5-3-7-23(24)32)30-20-4-1-2-6-22(20)31(25)26(33)29-19-14-12-18(28)13-15-19/h1-2,4,6,8-15,25,30H,3,5,7H2,(H,29,33). The largest absolute Gasteiger partial charge is 0.357 e. The summed E-state index contributed by atoms with van der Waals surface area (Å²) in [6, 6.07) is 20.9. The molecule has 0 fully saturated rings. The van der Waals surface area contributed by atoms with E-state index in [0.717, 1.165) is 29.8 Å². The van der Waals surface area contributed by atoms with E-state index < -0.39 is 6.04 Å². The molecule has 1 aliphatic carbocycles. The Hall–Kier alpha value is -3.28. The van der Waals surface area contributed by atoms with Gasteiger partial charge in [0, 0.05) is 33.4 Å². The monoisotopic (exact) mass is 477 g/mol. The summed E-state index contributed by atoms with van der Waals surface area (Å²) in [5.74, 6) is 0.0424. The number of halogens is 2. The van der Waals surface area contributed by atoms with Gasteiger partial charge in [-0.25, -0.2) is 4.79 Å². The molecule has 166 valence electrons. The van der Waals surface area contributed by atoms with Crippen molar-refractivity contribution in [3.05, 3.63) is 99.7 Å². The van der Waals surface area contributed by atoms with Crippen molar-refractivity contribution >= 4 is 52.1 Å². The molecule has 7 heteroatoms. The molecule has 2 aliphatic rings. The van der Waals surface area contributed by atoms with Crippen LogP contribution in [0.5, 0.6) is 0 Å². The van der Waals surface area contributed by atoms with Gasteiger partial charge in [-0.3, -0.25) is 9.69 Å². The number of para-hydroxylation sites is 2. The van der Waals surface area contributed by atoms with Crippen LogP contribution in [-0.4, -0.2) is 11.8 Å². The number of hydrogen-bond acceptors (Lipinski definition) is 3. The first-order valence-electron chi connectivity index (χ1n) is 10.7. The summed E-state index contributed by atoms with van der Waals surface area (Å²) in [6.45, 7) is 0. The van der Waals surface area contributed by atoms with Crippen LogP contribution >= 0.6 is 23.2 Å². The highest BCUT2D eigenvalue weighted by Crippen LogP contribution is 2.45. The Balaban J connectivity index is 1.68. The van der Waals surface area contributed by atoms with Crippen LogP contribution in [0.15, 0.2) is 84.1 Å². The van der Waals surface area contributed by atoms with Crippen LogP contribution in [-0.2, 0) is 4.79 Å². The van der Waals surface area contributed by atoms with Crippen molar-refractivity contribution in [2.24, 2.45) is 0 Å². The lowest BCUT2D eigenvalue weighted by molar-refractivity contribution is -0.116. The lowest BCUT2D eigenvalue weighted by atomic mass is 9.86. The molecule has 0 saturated heterocycles. The maximum Gasteiger partial charge on any atom is 0.327 e. The van der Waals surface area contributed by atoms with Gasteiger partial charge in [-0.2, -0.15) is 0 Å². The Morgan fingerprint density at radius 3 is 2.30 bits per heavy atom. The van der Waals surface area contributed by atoms with Crippen LogP contribution in [0.25, 0.3) is 0 Å². The number of allylic oxidation sites excluding steroid dienone is 1. The fourth-order valence-corrected chi connectivity index (χ4v) is 4.69. The first-order chi connectivity index (χ1) is 16.0. The second-order valence-electron chi connectivity index (χ2n) is 8.07. The van der Waals surface area contributed by atoms with Crippen molar-refractivity contribution in [2.75, 3.05) is 15.5 Å². The molecule has 3 aromatic rings. The quantitative estimate of drug-likeness (QED) is 0.409. The molecule has 0 radical (unpaired) electrons. The van der Waals surface area contributed by atoms with Crippen molar-refractivity contribution in [3.63, 3.8) is 0 Å². The average molecular weight is 478 g/mol. The highest BCUT2D eigenvalue weighted by molar-refractivity contribution is 6.31. The Morgan fingerprint density at radius 2 is 1.58 bits per heavy atom. The average Bonchev–Trinajstić information content (AvgIpc) is 2.96. The molecule has 33 heavy (non-hydrogen) atoms. The molecule has 2 amide bonds. The zero-order valence-corrected chi connectivity index (χ0v) is 19.2. The van der Waals surface area contributed by atoms with Crippen molar-refractivity contribution in [1.29, 1.82) is 0 Å². The van der Waals surface area contributed by atoms with Gasteiger partial charge in [0.05, 0.1) is 17.4 Å². The normalized spacial score (nSPS) is 17.6.